The number of likely N-dealkylation sites (tertiary alicyclic amines) is 1. The van der Waals surface area contributed by atoms with E-state index >= 15 is 0 Å². The van der Waals surface area contributed by atoms with Crippen molar-refractivity contribution in [2.24, 2.45) is 0 Å². The SMILES string of the molecule is CCN1CCC(N(C)C(=O)c2cc(C3CC3)nc3onc(C)c23)CC1. The molecule has 1 saturated carbocycles. The molecule has 1 aliphatic carbocycles. The fourth-order valence-corrected chi connectivity index (χ4v) is 3.85. The van der Waals surface area contributed by atoms with Crippen molar-refractivity contribution in [3.63, 3.8) is 0 Å². The highest BCUT2D eigenvalue weighted by Gasteiger charge is 2.31. The van der Waals surface area contributed by atoms with Crippen molar-refractivity contribution >= 4 is 17.0 Å². The Morgan fingerprint density at radius 2 is 2.04 bits per heavy atom. The molecule has 0 unspecified atom stereocenters. The molecule has 25 heavy (non-hydrogen) atoms. The van der Waals surface area contributed by atoms with Gasteiger partial charge in [0.2, 0.25) is 0 Å². The second kappa shape index (κ2) is 6.41. The van der Waals surface area contributed by atoms with Crippen LogP contribution < -0.4 is 0 Å². The van der Waals surface area contributed by atoms with Gasteiger partial charge in [-0.05, 0) is 45.2 Å². The minimum Gasteiger partial charge on any atom is -0.339 e. The Morgan fingerprint density at radius 3 is 2.68 bits per heavy atom. The van der Waals surface area contributed by atoms with Crippen LogP contribution in [0.15, 0.2) is 10.6 Å². The van der Waals surface area contributed by atoms with Crippen LogP contribution in [0.3, 0.4) is 0 Å². The van der Waals surface area contributed by atoms with E-state index in [4.69, 9.17) is 4.52 Å². The summed E-state index contributed by atoms with van der Waals surface area (Å²) in [6.07, 6.45) is 4.35. The van der Waals surface area contributed by atoms with Gasteiger partial charge in [-0.15, -0.1) is 0 Å². The van der Waals surface area contributed by atoms with Crippen LogP contribution >= 0.6 is 0 Å². The molecule has 2 aliphatic rings. The zero-order chi connectivity index (χ0) is 17.6. The topological polar surface area (TPSA) is 62.5 Å². The van der Waals surface area contributed by atoms with Crippen LogP contribution in [-0.2, 0) is 0 Å². The van der Waals surface area contributed by atoms with E-state index in [-0.39, 0.29) is 5.91 Å². The molecule has 1 saturated heterocycles. The lowest BCUT2D eigenvalue weighted by Gasteiger charge is -2.36. The molecule has 6 nitrogen and oxygen atoms in total. The molecule has 0 bridgehead atoms. The number of amides is 1. The summed E-state index contributed by atoms with van der Waals surface area (Å²) in [6.45, 7) is 7.27. The molecule has 2 fully saturated rings. The molecule has 1 aliphatic heterocycles. The summed E-state index contributed by atoms with van der Waals surface area (Å²) in [5, 5.41) is 4.81. The number of pyridine rings is 1. The maximum Gasteiger partial charge on any atom is 0.259 e. The maximum absolute atomic E-state index is 13.3. The number of aromatic nitrogens is 2. The van der Waals surface area contributed by atoms with Gasteiger partial charge in [-0.3, -0.25) is 4.79 Å². The zero-order valence-corrected chi connectivity index (χ0v) is 15.3. The Kier molecular flexibility index (Phi) is 4.23. The molecule has 0 atom stereocenters. The molecule has 0 N–H and O–H groups in total. The van der Waals surface area contributed by atoms with E-state index in [9.17, 15) is 4.79 Å². The number of hydrogen-bond donors (Lipinski definition) is 0. The van der Waals surface area contributed by atoms with Gasteiger partial charge in [-0.2, -0.15) is 0 Å². The lowest BCUT2D eigenvalue weighted by atomic mass is 10.0. The molecule has 3 heterocycles. The maximum atomic E-state index is 13.3. The zero-order valence-electron chi connectivity index (χ0n) is 15.3. The number of rotatable bonds is 4. The largest absolute Gasteiger partial charge is 0.339 e. The van der Waals surface area contributed by atoms with Crippen molar-refractivity contribution in [3.05, 3.63) is 23.0 Å². The average Bonchev–Trinajstić information content (AvgIpc) is 3.43. The van der Waals surface area contributed by atoms with E-state index in [0.29, 0.717) is 23.2 Å². The van der Waals surface area contributed by atoms with Gasteiger partial charge >= 0.3 is 0 Å². The second-order valence-electron chi connectivity index (χ2n) is 7.40. The third-order valence-electron chi connectivity index (χ3n) is 5.74. The number of fused-ring (bicyclic) bond motifs is 1. The molecule has 0 aromatic carbocycles. The first-order chi connectivity index (χ1) is 12.1. The summed E-state index contributed by atoms with van der Waals surface area (Å²) >= 11 is 0. The Balaban J connectivity index is 1.63. The van der Waals surface area contributed by atoms with Gasteiger partial charge < -0.3 is 14.3 Å². The van der Waals surface area contributed by atoms with Crippen molar-refractivity contribution in [2.75, 3.05) is 26.7 Å². The average molecular weight is 342 g/mol. The van der Waals surface area contributed by atoms with Gasteiger partial charge in [0, 0.05) is 37.8 Å². The third kappa shape index (κ3) is 3.03. The molecule has 2 aromatic rings. The number of hydrogen-bond acceptors (Lipinski definition) is 5. The van der Waals surface area contributed by atoms with E-state index in [1.807, 2.05) is 24.9 Å². The van der Waals surface area contributed by atoms with Crippen molar-refractivity contribution in [1.82, 2.24) is 19.9 Å². The molecule has 4 rings (SSSR count). The number of nitrogens with zero attached hydrogens (tertiary/aromatic N) is 4. The molecule has 0 spiro atoms. The summed E-state index contributed by atoms with van der Waals surface area (Å²) in [7, 11) is 1.93. The van der Waals surface area contributed by atoms with Gasteiger partial charge in [0.1, 0.15) is 0 Å². The number of carbonyl (C=O) groups is 1. The van der Waals surface area contributed by atoms with Crippen LogP contribution in [0.25, 0.3) is 11.1 Å². The summed E-state index contributed by atoms with van der Waals surface area (Å²) in [6, 6.07) is 2.27. The van der Waals surface area contributed by atoms with E-state index in [2.05, 4.69) is 22.0 Å². The Bertz CT molecular complexity index is 788. The third-order valence-corrected chi connectivity index (χ3v) is 5.74. The molecule has 6 heteroatoms. The Hall–Kier alpha value is -1.95. The Morgan fingerprint density at radius 1 is 1.32 bits per heavy atom. The fourth-order valence-electron chi connectivity index (χ4n) is 3.85. The minimum absolute atomic E-state index is 0.0653. The Labute approximate surface area is 148 Å². The van der Waals surface area contributed by atoms with Crippen LogP contribution in [0, 0.1) is 6.92 Å². The summed E-state index contributed by atoms with van der Waals surface area (Å²) in [4.78, 5) is 22.2. The molecular formula is C19H26N4O2. The van der Waals surface area contributed by atoms with Gasteiger partial charge in [0.15, 0.2) is 0 Å². The van der Waals surface area contributed by atoms with Crippen LogP contribution in [0.4, 0.5) is 0 Å². The summed E-state index contributed by atoms with van der Waals surface area (Å²) in [5.41, 5.74) is 2.91. The van der Waals surface area contributed by atoms with Crippen LogP contribution in [0.1, 0.15) is 60.3 Å². The van der Waals surface area contributed by atoms with Gasteiger partial charge in [0.25, 0.3) is 11.6 Å². The predicted octanol–water partition coefficient (Wildman–Crippen LogP) is 2.96. The quantitative estimate of drug-likeness (QED) is 0.855. The summed E-state index contributed by atoms with van der Waals surface area (Å²) in [5.74, 6) is 0.537. The van der Waals surface area contributed by atoms with Crippen LogP contribution in [0.5, 0.6) is 0 Å². The molecule has 1 amide bonds. The van der Waals surface area contributed by atoms with Crippen molar-refractivity contribution in [2.45, 2.75) is 51.5 Å². The fraction of sp³-hybridized carbons (Fsp3) is 0.632. The molecular weight excluding hydrogens is 316 g/mol. The van der Waals surface area contributed by atoms with E-state index in [0.717, 1.165) is 62.1 Å². The van der Waals surface area contributed by atoms with Gasteiger partial charge in [0.05, 0.1) is 16.6 Å². The molecule has 0 radical (unpaired) electrons. The standard InChI is InChI=1S/C19H26N4O2/c1-4-23-9-7-14(8-10-23)22(3)19(24)15-11-16(13-5-6-13)20-18-17(15)12(2)21-25-18/h11,13-14H,4-10H2,1-3H3. The van der Waals surface area contributed by atoms with E-state index in [1.165, 1.54) is 0 Å². The number of carbonyl (C=O) groups excluding carboxylic acids is 1. The highest BCUT2D eigenvalue weighted by atomic mass is 16.5. The summed E-state index contributed by atoms with van der Waals surface area (Å²) < 4.78 is 5.37. The molecule has 134 valence electrons. The second-order valence-corrected chi connectivity index (χ2v) is 7.40. The monoisotopic (exact) mass is 342 g/mol. The number of aryl methyl sites for hydroxylation is 1. The first kappa shape index (κ1) is 16.5. The van der Waals surface area contributed by atoms with Crippen LogP contribution in [-0.4, -0.2) is 58.6 Å². The first-order valence-corrected chi connectivity index (χ1v) is 9.35. The normalized spacial score (nSPS) is 19.5. The highest BCUT2D eigenvalue weighted by molar-refractivity contribution is 6.06. The lowest BCUT2D eigenvalue weighted by Crippen LogP contribution is -2.45. The number of piperidine rings is 1. The highest BCUT2D eigenvalue weighted by Crippen LogP contribution is 2.40. The van der Waals surface area contributed by atoms with Gasteiger partial charge in [-0.1, -0.05) is 12.1 Å². The lowest BCUT2D eigenvalue weighted by molar-refractivity contribution is 0.0648. The smallest absolute Gasteiger partial charge is 0.259 e. The van der Waals surface area contributed by atoms with E-state index in [1.54, 1.807) is 0 Å². The van der Waals surface area contributed by atoms with Crippen molar-refractivity contribution in [1.29, 1.82) is 0 Å². The predicted molar refractivity (Wildman–Crippen MR) is 95.7 cm³/mol. The van der Waals surface area contributed by atoms with Crippen molar-refractivity contribution < 1.29 is 9.32 Å². The first-order valence-electron chi connectivity index (χ1n) is 9.35. The molecule has 2 aromatic heterocycles. The van der Waals surface area contributed by atoms with Crippen molar-refractivity contribution in [3.8, 4) is 0 Å². The van der Waals surface area contributed by atoms with Crippen LogP contribution in [0.2, 0.25) is 0 Å². The van der Waals surface area contributed by atoms with E-state index < -0.39 is 0 Å². The minimum atomic E-state index is 0.0653. The van der Waals surface area contributed by atoms with Gasteiger partial charge in [-0.25, -0.2) is 4.98 Å².